The van der Waals surface area contributed by atoms with E-state index in [0.29, 0.717) is 23.0 Å². The van der Waals surface area contributed by atoms with Gasteiger partial charge in [0.05, 0.1) is 10.9 Å². The third-order valence-corrected chi connectivity index (χ3v) is 3.95. The fourth-order valence-electron chi connectivity index (χ4n) is 2.78. The smallest absolute Gasteiger partial charge is 0.348 e. The van der Waals surface area contributed by atoms with Crippen LogP contribution in [0.1, 0.15) is 32.1 Å². The lowest BCUT2D eigenvalue weighted by molar-refractivity contribution is 0.396. The van der Waals surface area contributed by atoms with Gasteiger partial charge in [-0.05, 0) is 25.0 Å². The van der Waals surface area contributed by atoms with E-state index in [2.05, 4.69) is 4.98 Å². The summed E-state index contributed by atoms with van der Waals surface area (Å²) in [6.07, 6.45) is 6.09. The van der Waals surface area contributed by atoms with Gasteiger partial charge >= 0.3 is 11.6 Å². The Morgan fingerprint density at radius 1 is 1.21 bits per heavy atom. The summed E-state index contributed by atoms with van der Waals surface area (Å²) in [5.41, 5.74) is 0.402. The van der Waals surface area contributed by atoms with Crippen molar-refractivity contribution in [1.29, 1.82) is 0 Å². The highest BCUT2D eigenvalue weighted by Gasteiger charge is 2.21. The lowest BCUT2D eigenvalue weighted by Crippen LogP contribution is -2.34. The molecule has 1 aromatic heterocycles. The first-order valence-electron chi connectivity index (χ1n) is 6.88. The van der Waals surface area contributed by atoms with Gasteiger partial charge in [-0.1, -0.05) is 31.4 Å². The summed E-state index contributed by atoms with van der Waals surface area (Å²) in [6, 6.07) is 8.19. The molecule has 19 heavy (non-hydrogen) atoms. The van der Waals surface area contributed by atoms with Crippen LogP contribution in [0.25, 0.3) is 10.9 Å². The van der Waals surface area contributed by atoms with Gasteiger partial charge in [0, 0.05) is 13.1 Å². The zero-order chi connectivity index (χ0) is 13.2. The quantitative estimate of drug-likeness (QED) is 0.830. The van der Waals surface area contributed by atoms with Crippen molar-refractivity contribution in [2.75, 3.05) is 11.9 Å². The first kappa shape index (κ1) is 12.2. The van der Waals surface area contributed by atoms with E-state index in [4.69, 9.17) is 4.42 Å². The lowest BCUT2D eigenvalue weighted by Gasteiger charge is -2.30. The number of fused-ring (bicyclic) bond motifs is 1. The van der Waals surface area contributed by atoms with Crippen molar-refractivity contribution in [2.24, 2.45) is 0 Å². The van der Waals surface area contributed by atoms with Crippen LogP contribution in [0.5, 0.6) is 0 Å². The van der Waals surface area contributed by atoms with Crippen molar-refractivity contribution in [1.82, 2.24) is 4.98 Å². The van der Waals surface area contributed by atoms with E-state index in [1.165, 1.54) is 19.3 Å². The van der Waals surface area contributed by atoms with Crippen LogP contribution in [0.2, 0.25) is 0 Å². The van der Waals surface area contributed by atoms with E-state index in [-0.39, 0.29) is 5.63 Å². The maximum absolute atomic E-state index is 12.0. The summed E-state index contributed by atoms with van der Waals surface area (Å²) < 4.78 is 5.36. The lowest BCUT2D eigenvalue weighted by atomic mass is 9.95. The largest absolute Gasteiger partial charge is 0.389 e. The molecule has 0 aliphatic heterocycles. The van der Waals surface area contributed by atoms with E-state index in [9.17, 15) is 4.79 Å². The zero-order valence-electron chi connectivity index (χ0n) is 11.1. The van der Waals surface area contributed by atoms with Gasteiger partial charge in [-0.2, -0.15) is 4.98 Å². The molecule has 1 aliphatic carbocycles. The predicted molar refractivity (Wildman–Crippen MR) is 75.6 cm³/mol. The summed E-state index contributed by atoms with van der Waals surface area (Å²) in [7, 11) is 1.97. The van der Waals surface area contributed by atoms with E-state index in [0.717, 1.165) is 12.8 Å². The number of aromatic nitrogens is 1. The van der Waals surface area contributed by atoms with Crippen molar-refractivity contribution in [3.63, 3.8) is 0 Å². The van der Waals surface area contributed by atoms with Gasteiger partial charge in [-0.3, -0.25) is 0 Å². The number of hydrogen-bond acceptors (Lipinski definition) is 4. The van der Waals surface area contributed by atoms with Crippen LogP contribution in [0.15, 0.2) is 33.5 Å². The maximum Gasteiger partial charge on any atom is 0.348 e. The Bertz CT molecular complexity index is 629. The van der Waals surface area contributed by atoms with E-state index >= 15 is 0 Å². The van der Waals surface area contributed by atoms with Crippen LogP contribution in [-0.2, 0) is 0 Å². The van der Waals surface area contributed by atoms with Gasteiger partial charge in [0.15, 0.2) is 0 Å². The molecule has 0 radical (unpaired) electrons. The molecule has 2 aromatic rings. The molecule has 0 spiro atoms. The van der Waals surface area contributed by atoms with Crippen LogP contribution in [0.3, 0.4) is 0 Å². The molecule has 0 N–H and O–H groups in total. The number of anilines is 1. The predicted octanol–water partition coefficient (Wildman–Crippen LogP) is 2.96. The topological polar surface area (TPSA) is 46.3 Å². The van der Waals surface area contributed by atoms with Crippen LogP contribution in [0.4, 0.5) is 6.01 Å². The second kappa shape index (κ2) is 5.03. The van der Waals surface area contributed by atoms with E-state index in [1.54, 1.807) is 6.07 Å². The fraction of sp³-hybridized carbons (Fsp3) is 0.467. The molecule has 4 nitrogen and oxygen atoms in total. The number of para-hydroxylation sites is 1. The van der Waals surface area contributed by atoms with Gasteiger partial charge in [0.2, 0.25) is 0 Å². The Labute approximate surface area is 112 Å². The summed E-state index contributed by atoms with van der Waals surface area (Å²) in [5.74, 6) is 0. The Hall–Kier alpha value is -1.84. The van der Waals surface area contributed by atoms with Crippen molar-refractivity contribution in [3.05, 3.63) is 34.7 Å². The molecule has 1 aromatic carbocycles. The molecule has 0 saturated heterocycles. The third-order valence-electron chi connectivity index (χ3n) is 3.95. The standard InChI is InChI=1S/C15H18N2O2/c1-17(11-7-3-2-4-8-11)15-16-13-10-6-5-9-12(13)14(18)19-15/h5-6,9-11H,2-4,7-8H2,1H3. The third kappa shape index (κ3) is 2.35. The molecule has 1 saturated carbocycles. The maximum atomic E-state index is 12.0. The van der Waals surface area contributed by atoms with Crippen molar-refractivity contribution >= 4 is 16.9 Å². The Morgan fingerprint density at radius 3 is 2.74 bits per heavy atom. The summed E-state index contributed by atoms with van der Waals surface area (Å²) >= 11 is 0. The molecule has 100 valence electrons. The molecule has 3 rings (SSSR count). The average molecular weight is 258 g/mol. The number of nitrogens with zero attached hydrogens (tertiary/aromatic N) is 2. The summed E-state index contributed by atoms with van der Waals surface area (Å²) in [6.45, 7) is 0. The van der Waals surface area contributed by atoms with Gasteiger partial charge in [-0.25, -0.2) is 4.79 Å². The molecule has 1 heterocycles. The van der Waals surface area contributed by atoms with Gasteiger partial charge < -0.3 is 9.32 Å². The number of hydrogen-bond donors (Lipinski definition) is 0. The Kier molecular flexibility index (Phi) is 3.23. The fourth-order valence-corrected chi connectivity index (χ4v) is 2.78. The molecule has 0 amide bonds. The minimum Gasteiger partial charge on any atom is -0.389 e. The molecule has 1 fully saturated rings. The highest BCUT2D eigenvalue weighted by molar-refractivity contribution is 5.77. The zero-order valence-corrected chi connectivity index (χ0v) is 11.1. The molecule has 0 atom stereocenters. The normalized spacial score (nSPS) is 16.7. The second-order valence-corrected chi connectivity index (χ2v) is 5.20. The van der Waals surface area contributed by atoms with E-state index in [1.807, 2.05) is 30.1 Å². The Balaban J connectivity index is 1.98. The molecular weight excluding hydrogens is 240 g/mol. The first-order chi connectivity index (χ1) is 9.25. The number of benzene rings is 1. The highest BCUT2D eigenvalue weighted by Crippen LogP contribution is 2.25. The van der Waals surface area contributed by atoms with Crippen LogP contribution < -0.4 is 10.5 Å². The minimum absolute atomic E-state index is 0.303. The minimum atomic E-state index is -0.303. The molecule has 4 heteroatoms. The monoisotopic (exact) mass is 258 g/mol. The van der Waals surface area contributed by atoms with Gasteiger partial charge in [0.1, 0.15) is 0 Å². The van der Waals surface area contributed by atoms with Crippen molar-refractivity contribution < 1.29 is 4.42 Å². The second-order valence-electron chi connectivity index (χ2n) is 5.20. The molecular formula is C15H18N2O2. The van der Waals surface area contributed by atoms with Crippen LogP contribution in [-0.4, -0.2) is 18.1 Å². The summed E-state index contributed by atoms with van der Waals surface area (Å²) in [4.78, 5) is 18.4. The van der Waals surface area contributed by atoms with Crippen LogP contribution in [0, 0.1) is 0 Å². The number of rotatable bonds is 2. The molecule has 1 aliphatic rings. The van der Waals surface area contributed by atoms with Crippen molar-refractivity contribution in [3.8, 4) is 0 Å². The van der Waals surface area contributed by atoms with Crippen LogP contribution >= 0.6 is 0 Å². The van der Waals surface area contributed by atoms with Gasteiger partial charge in [-0.15, -0.1) is 0 Å². The molecule has 0 bridgehead atoms. The molecule has 0 unspecified atom stereocenters. The Morgan fingerprint density at radius 2 is 1.95 bits per heavy atom. The average Bonchev–Trinajstić information content (AvgIpc) is 2.47. The SMILES string of the molecule is CN(c1nc2ccccc2c(=O)o1)C1CCCCC1. The van der Waals surface area contributed by atoms with E-state index < -0.39 is 0 Å². The van der Waals surface area contributed by atoms with Crippen molar-refractivity contribution in [2.45, 2.75) is 38.1 Å². The van der Waals surface area contributed by atoms with Gasteiger partial charge in [0.25, 0.3) is 0 Å². The summed E-state index contributed by atoms with van der Waals surface area (Å²) in [5, 5.41) is 0.545. The highest BCUT2D eigenvalue weighted by atomic mass is 16.4. The first-order valence-corrected chi connectivity index (χ1v) is 6.88.